The maximum Gasteiger partial charge on any atom is 0.190 e. The van der Waals surface area contributed by atoms with Crippen LogP contribution in [0.1, 0.15) is 10.4 Å². The molecule has 0 heterocycles. The summed E-state index contributed by atoms with van der Waals surface area (Å²) in [7, 11) is 0. The highest BCUT2D eigenvalue weighted by molar-refractivity contribution is 6.37. The SMILES string of the molecule is O=C(C=CO)c1cc(F)c(Cl)cc1Cl. The van der Waals surface area contributed by atoms with Crippen molar-refractivity contribution < 1.29 is 14.3 Å². The molecule has 0 aliphatic heterocycles. The monoisotopic (exact) mass is 234 g/mol. The Bertz CT molecular complexity index is 402. The normalized spacial score (nSPS) is 10.8. The van der Waals surface area contributed by atoms with Crippen molar-refractivity contribution in [2.24, 2.45) is 0 Å². The van der Waals surface area contributed by atoms with Gasteiger partial charge in [0, 0.05) is 11.6 Å². The first kappa shape index (κ1) is 11.0. The van der Waals surface area contributed by atoms with Crippen molar-refractivity contribution in [3.05, 3.63) is 45.9 Å². The number of rotatable bonds is 2. The minimum atomic E-state index is -0.731. The first-order chi connectivity index (χ1) is 6.56. The second kappa shape index (κ2) is 4.44. The van der Waals surface area contributed by atoms with E-state index in [1.54, 1.807) is 0 Å². The van der Waals surface area contributed by atoms with E-state index in [9.17, 15) is 9.18 Å². The summed E-state index contributed by atoms with van der Waals surface area (Å²) in [5.74, 6) is -1.32. The summed E-state index contributed by atoms with van der Waals surface area (Å²) >= 11 is 11.1. The number of ketones is 1. The van der Waals surface area contributed by atoms with Gasteiger partial charge in [-0.2, -0.15) is 0 Å². The molecule has 1 N–H and O–H groups in total. The van der Waals surface area contributed by atoms with Crippen LogP contribution in [0.5, 0.6) is 0 Å². The van der Waals surface area contributed by atoms with Crippen LogP contribution < -0.4 is 0 Å². The summed E-state index contributed by atoms with van der Waals surface area (Å²) < 4.78 is 12.9. The lowest BCUT2D eigenvalue weighted by Gasteiger charge is -2.01. The van der Waals surface area contributed by atoms with Gasteiger partial charge in [0.2, 0.25) is 0 Å². The molecule has 0 amide bonds. The maximum absolute atomic E-state index is 12.9. The molecule has 0 saturated heterocycles. The summed E-state index contributed by atoms with van der Waals surface area (Å²) in [6, 6.07) is 2.06. The van der Waals surface area contributed by atoms with Crippen molar-refractivity contribution in [3.8, 4) is 0 Å². The van der Waals surface area contributed by atoms with Gasteiger partial charge in [-0.25, -0.2) is 4.39 Å². The highest BCUT2D eigenvalue weighted by Gasteiger charge is 2.11. The van der Waals surface area contributed by atoms with E-state index in [0.717, 1.165) is 18.2 Å². The van der Waals surface area contributed by atoms with Crippen LogP contribution in [0.3, 0.4) is 0 Å². The molecular weight excluding hydrogens is 230 g/mol. The number of allylic oxidation sites excluding steroid dienone is 1. The van der Waals surface area contributed by atoms with Crippen LogP contribution in [-0.4, -0.2) is 10.9 Å². The Morgan fingerprint density at radius 3 is 2.57 bits per heavy atom. The van der Waals surface area contributed by atoms with Crippen LogP contribution >= 0.6 is 23.2 Å². The second-order valence-electron chi connectivity index (χ2n) is 2.43. The minimum absolute atomic E-state index is 0.0412. The van der Waals surface area contributed by atoms with Gasteiger partial charge in [0.25, 0.3) is 0 Å². The number of halogens is 3. The summed E-state index contributed by atoms with van der Waals surface area (Å²) in [6.07, 6.45) is 1.43. The van der Waals surface area contributed by atoms with Gasteiger partial charge >= 0.3 is 0 Å². The van der Waals surface area contributed by atoms with Gasteiger partial charge in [-0.3, -0.25) is 4.79 Å². The molecule has 2 nitrogen and oxygen atoms in total. The third-order valence-corrected chi connectivity index (χ3v) is 2.10. The second-order valence-corrected chi connectivity index (χ2v) is 3.24. The largest absolute Gasteiger partial charge is 0.515 e. The Balaban J connectivity index is 3.22. The standard InChI is InChI=1S/C9H5Cl2FO2/c10-6-4-7(11)8(12)3-5(6)9(14)1-2-13/h1-4,13H. The molecule has 74 valence electrons. The molecule has 0 saturated carbocycles. The quantitative estimate of drug-likeness (QED) is 0.369. The van der Waals surface area contributed by atoms with Crippen LogP contribution in [0.2, 0.25) is 10.0 Å². The zero-order chi connectivity index (χ0) is 10.7. The molecule has 0 radical (unpaired) electrons. The van der Waals surface area contributed by atoms with Gasteiger partial charge < -0.3 is 5.11 Å². The van der Waals surface area contributed by atoms with Crippen LogP contribution in [0, 0.1) is 5.82 Å². The molecule has 1 rings (SSSR count). The first-order valence-corrected chi connectivity index (χ1v) is 4.31. The van der Waals surface area contributed by atoms with Gasteiger partial charge in [0.15, 0.2) is 5.78 Å². The van der Waals surface area contributed by atoms with Gasteiger partial charge in [-0.05, 0) is 12.1 Å². The van der Waals surface area contributed by atoms with Crippen LogP contribution in [0.15, 0.2) is 24.5 Å². The molecule has 1 aromatic rings. The third kappa shape index (κ3) is 2.25. The van der Waals surface area contributed by atoms with E-state index in [1.807, 2.05) is 0 Å². The molecule has 0 fully saturated rings. The number of benzene rings is 1. The molecule has 0 bridgehead atoms. The van der Waals surface area contributed by atoms with Crippen molar-refractivity contribution in [2.75, 3.05) is 0 Å². The Labute approximate surface area is 89.6 Å². The van der Waals surface area contributed by atoms with E-state index in [1.165, 1.54) is 0 Å². The average molecular weight is 235 g/mol. The van der Waals surface area contributed by atoms with E-state index in [0.29, 0.717) is 6.26 Å². The lowest BCUT2D eigenvalue weighted by molar-refractivity contribution is 0.104. The topological polar surface area (TPSA) is 37.3 Å². The lowest BCUT2D eigenvalue weighted by atomic mass is 10.1. The molecular formula is C9H5Cl2FO2. The molecule has 0 unspecified atom stereocenters. The summed E-state index contributed by atoms with van der Waals surface area (Å²) in [5, 5.41) is 8.24. The highest BCUT2D eigenvalue weighted by atomic mass is 35.5. The van der Waals surface area contributed by atoms with E-state index < -0.39 is 11.6 Å². The Kier molecular flexibility index (Phi) is 3.49. The Morgan fingerprint density at radius 1 is 1.36 bits per heavy atom. The van der Waals surface area contributed by atoms with E-state index in [-0.39, 0.29) is 15.6 Å². The van der Waals surface area contributed by atoms with Crippen molar-refractivity contribution in [3.63, 3.8) is 0 Å². The highest BCUT2D eigenvalue weighted by Crippen LogP contribution is 2.24. The van der Waals surface area contributed by atoms with Crippen LogP contribution in [0.4, 0.5) is 4.39 Å². The molecule has 0 aromatic heterocycles. The van der Waals surface area contributed by atoms with Crippen molar-refractivity contribution in [2.45, 2.75) is 0 Å². The summed E-state index contributed by atoms with van der Waals surface area (Å²) in [4.78, 5) is 11.2. The first-order valence-electron chi connectivity index (χ1n) is 3.56. The zero-order valence-electron chi connectivity index (χ0n) is 6.80. The number of aliphatic hydroxyl groups excluding tert-OH is 1. The van der Waals surface area contributed by atoms with E-state index in [2.05, 4.69) is 0 Å². The predicted octanol–water partition coefficient (Wildman–Crippen LogP) is 3.39. The van der Waals surface area contributed by atoms with E-state index >= 15 is 0 Å². The third-order valence-electron chi connectivity index (χ3n) is 1.50. The van der Waals surface area contributed by atoms with Gasteiger partial charge in [0.1, 0.15) is 5.82 Å². The average Bonchev–Trinajstić information content (AvgIpc) is 2.11. The zero-order valence-corrected chi connectivity index (χ0v) is 8.31. The van der Waals surface area contributed by atoms with Gasteiger partial charge in [-0.15, -0.1) is 0 Å². The van der Waals surface area contributed by atoms with Crippen LogP contribution in [0.25, 0.3) is 0 Å². The molecule has 1 aromatic carbocycles. The summed E-state index contributed by atoms with van der Waals surface area (Å²) in [5.41, 5.74) is -0.0427. The van der Waals surface area contributed by atoms with E-state index in [4.69, 9.17) is 28.3 Å². The number of hydrogen-bond donors (Lipinski definition) is 1. The van der Waals surface area contributed by atoms with Crippen molar-refractivity contribution in [1.82, 2.24) is 0 Å². The fraction of sp³-hybridized carbons (Fsp3) is 0. The Morgan fingerprint density at radius 2 is 2.00 bits per heavy atom. The fourth-order valence-corrected chi connectivity index (χ4v) is 1.35. The minimum Gasteiger partial charge on any atom is -0.515 e. The predicted molar refractivity (Wildman–Crippen MR) is 52.5 cm³/mol. The molecule has 0 atom stereocenters. The Hall–Kier alpha value is -1.06. The van der Waals surface area contributed by atoms with Gasteiger partial charge in [-0.1, -0.05) is 23.2 Å². The molecule has 0 aliphatic carbocycles. The number of carbonyl (C=O) groups is 1. The fourth-order valence-electron chi connectivity index (χ4n) is 0.869. The van der Waals surface area contributed by atoms with Crippen LogP contribution in [-0.2, 0) is 0 Å². The molecule has 0 spiro atoms. The number of aliphatic hydroxyl groups is 1. The number of carbonyl (C=O) groups excluding carboxylic acids is 1. The lowest BCUT2D eigenvalue weighted by Crippen LogP contribution is -1.97. The number of hydrogen-bond acceptors (Lipinski definition) is 2. The van der Waals surface area contributed by atoms with Crippen molar-refractivity contribution in [1.29, 1.82) is 0 Å². The summed E-state index contributed by atoms with van der Waals surface area (Å²) in [6.45, 7) is 0. The van der Waals surface area contributed by atoms with Crippen molar-refractivity contribution >= 4 is 29.0 Å². The maximum atomic E-state index is 12.9. The smallest absolute Gasteiger partial charge is 0.190 e. The molecule has 14 heavy (non-hydrogen) atoms. The molecule has 5 heteroatoms. The van der Waals surface area contributed by atoms with Gasteiger partial charge in [0.05, 0.1) is 16.3 Å². The molecule has 0 aliphatic rings.